The van der Waals surface area contributed by atoms with Gasteiger partial charge in [-0.2, -0.15) is 0 Å². The zero-order valence-corrected chi connectivity index (χ0v) is 17.6. The van der Waals surface area contributed by atoms with Crippen molar-refractivity contribution in [3.8, 4) is 17.0 Å². The molecule has 3 rings (SSSR count). The summed E-state index contributed by atoms with van der Waals surface area (Å²) in [5.41, 5.74) is 1.77. The number of hydrogen-bond acceptors (Lipinski definition) is 7. The van der Waals surface area contributed by atoms with Crippen LogP contribution in [0.4, 0.5) is 0 Å². The number of methoxy groups -OCH3 is 1. The van der Waals surface area contributed by atoms with Crippen LogP contribution >= 0.6 is 11.3 Å². The molecule has 1 N–H and O–H groups in total. The Kier molecular flexibility index (Phi) is 5.81. The lowest BCUT2D eigenvalue weighted by Crippen LogP contribution is -2.31. The van der Waals surface area contributed by atoms with E-state index in [9.17, 15) is 18.0 Å². The molecule has 3 aromatic rings. The van der Waals surface area contributed by atoms with E-state index in [1.54, 1.807) is 18.2 Å². The molecule has 2 aromatic carbocycles. The van der Waals surface area contributed by atoms with Crippen LogP contribution in [-0.2, 0) is 10.0 Å². The Hall–Kier alpha value is -3.04. The van der Waals surface area contributed by atoms with Crippen molar-refractivity contribution < 1.29 is 22.7 Å². The molecule has 0 saturated heterocycles. The van der Waals surface area contributed by atoms with E-state index < -0.39 is 15.9 Å². The lowest BCUT2D eigenvalue weighted by atomic mass is 10.1. The van der Waals surface area contributed by atoms with E-state index in [-0.39, 0.29) is 27.6 Å². The van der Waals surface area contributed by atoms with Gasteiger partial charge in [0.2, 0.25) is 0 Å². The summed E-state index contributed by atoms with van der Waals surface area (Å²) in [6, 6.07) is 10.6. The molecule has 0 fully saturated rings. The van der Waals surface area contributed by atoms with Crippen LogP contribution in [0.25, 0.3) is 11.3 Å². The van der Waals surface area contributed by atoms with Gasteiger partial charge < -0.3 is 4.74 Å². The largest absolute Gasteiger partial charge is 0.495 e. The third-order valence-electron chi connectivity index (χ3n) is 4.13. The van der Waals surface area contributed by atoms with Crippen LogP contribution in [0.3, 0.4) is 0 Å². The molecule has 7 nitrogen and oxygen atoms in total. The number of aromatic nitrogens is 1. The zero-order valence-electron chi connectivity index (χ0n) is 15.9. The van der Waals surface area contributed by atoms with E-state index in [4.69, 9.17) is 4.74 Å². The molecule has 0 spiro atoms. The number of thiazole rings is 1. The third-order valence-corrected chi connectivity index (χ3v) is 6.25. The number of ether oxygens (including phenoxy) is 1. The minimum Gasteiger partial charge on any atom is -0.495 e. The fraction of sp³-hybridized carbons (Fsp3) is 0.150. The molecule has 0 radical (unpaired) electrons. The third kappa shape index (κ3) is 4.52. The predicted molar refractivity (Wildman–Crippen MR) is 110 cm³/mol. The van der Waals surface area contributed by atoms with Crippen molar-refractivity contribution in [2.75, 3.05) is 7.11 Å². The van der Waals surface area contributed by atoms with Crippen molar-refractivity contribution >= 4 is 33.1 Å². The molecule has 150 valence electrons. The maximum atomic E-state index is 12.8. The molecule has 0 saturated carbocycles. The van der Waals surface area contributed by atoms with Gasteiger partial charge in [0.1, 0.15) is 10.6 Å². The van der Waals surface area contributed by atoms with E-state index >= 15 is 0 Å². The first-order chi connectivity index (χ1) is 13.7. The number of sulfonamides is 1. The summed E-state index contributed by atoms with van der Waals surface area (Å²) in [7, 11) is -2.96. The number of carbonyl (C=O) groups excluding carboxylic acids is 2. The highest BCUT2D eigenvalue weighted by Crippen LogP contribution is 2.26. The van der Waals surface area contributed by atoms with Crippen LogP contribution < -0.4 is 9.46 Å². The molecule has 0 unspecified atom stereocenters. The highest BCUT2D eigenvalue weighted by Gasteiger charge is 2.24. The molecule has 0 aliphatic carbocycles. The highest BCUT2D eigenvalue weighted by atomic mass is 32.2. The van der Waals surface area contributed by atoms with Crippen LogP contribution in [0.15, 0.2) is 52.7 Å². The Balaban J connectivity index is 1.93. The van der Waals surface area contributed by atoms with Gasteiger partial charge in [-0.25, -0.2) is 18.1 Å². The summed E-state index contributed by atoms with van der Waals surface area (Å²) < 4.78 is 32.7. The quantitative estimate of drug-likeness (QED) is 0.601. The minimum atomic E-state index is -4.27. The fourth-order valence-electron chi connectivity index (χ4n) is 2.66. The Morgan fingerprint density at radius 2 is 1.86 bits per heavy atom. The average molecular weight is 431 g/mol. The van der Waals surface area contributed by atoms with Crippen molar-refractivity contribution in [2.24, 2.45) is 0 Å². The predicted octanol–water partition coefficient (Wildman–Crippen LogP) is 3.45. The topological polar surface area (TPSA) is 102 Å². The molecule has 0 bridgehead atoms. The minimum absolute atomic E-state index is 0.0296. The number of rotatable bonds is 6. The smallest absolute Gasteiger partial charge is 0.268 e. The van der Waals surface area contributed by atoms with Crippen molar-refractivity contribution in [1.29, 1.82) is 0 Å². The molecule has 1 amide bonds. The van der Waals surface area contributed by atoms with Gasteiger partial charge >= 0.3 is 0 Å². The second-order valence-electron chi connectivity index (χ2n) is 6.19. The summed E-state index contributed by atoms with van der Waals surface area (Å²) in [6.07, 6.45) is 0. The summed E-state index contributed by atoms with van der Waals surface area (Å²) in [4.78, 5) is 28.3. The number of nitrogens with one attached hydrogen (secondary N) is 1. The van der Waals surface area contributed by atoms with E-state index in [1.807, 2.05) is 17.0 Å². The van der Waals surface area contributed by atoms with E-state index in [2.05, 4.69) is 4.98 Å². The molecular formula is C20H18N2O5S2. The van der Waals surface area contributed by atoms with E-state index in [1.165, 1.54) is 49.6 Å². The van der Waals surface area contributed by atoms with E-state index in [0.717, 1.165) is 5.01 Å². The van der Waals surface area contributed by atoms with Gasteiger partial charge in [-0.05, 0) is 44.2 Å². The fourth-order valence-corrected chi connectivity index (χ4v) is 4.45. The number of amides is 1. The average Bonchev–Trinajstić information content (AvgIpc) is 3.13. The number of benzene rings is 2. The maximum Gasteiger partial charge on any atom is 0.268 e. The van der Waals surface area contributed by atoms with Gasteiger partial charge in [0.05, 0.1) is 17.8 Å². The normalized spacial score (nSPS) is 11.1. The van der Waals surface area contributed by atoms with Gasteiger partial charge in [-0.3, -0.25) is 9.59 Å². The molecule has 0 aliphatic rings. The van der Waals surface area contributed by atoms with Gasteiger partial charge in [0.25, 0.3) is 15.9 Å². The Morgan fingerprint density at radius 1 is 1.10 bits per heavy atom. The number of carbonyl (C=O) groups is 2. The first-order valence-corrected chi connectivity index (χ1v) is 10.9. The first-order valence-electron chi connectivity index (χ1n) is 8.50. The van der Waals surface area contributed by atoms with Crippen molar-refractivity contribution in [3.63, 3.8) is 0 Å². The standard InChI is InChI=1S/C20H18N2O5S2/c1-12(23)14-7-8-18(27-3)19(10-14)29(25,26)22-20(24)16-6-4-5-15(9-16)17-11-28-13(2)21-17/h4-11H,1-3H3,(H,22,24). The first kappa shape index (κ1) is 20.7. The lowest BCUT2D eigenvalue weighted by molar-refractivity contribution is 0.0979. The Bertz CT molecular complexity index is 1200. The monoisotopic (exact) mass is 430 g/mol. The number of nitrogens with zero attached hydrogens (tertiary/aromatic N) is 1. The highest BCUT2D eigenvalue weighted by molar-refractivity contribution is 7.90. The van der Waals surface area contributed by atoms with Crippen molar-refractivity contribution in [3.05, 3.63) is 64.0 Å². The molecule has 29 heavy (non-hydrogen) atoms. The number of Topliss-reactive ketones (excluding diaryl/α,β-unsaturated/α-hetero) is 1. The lowest BCUT2D eigenvalue weighted by Gasteiger charge is -2.12. The summed E-state index contributed by atoms with van der Waals surface area (Å²) in [5.74, 6) is -1.07. The second-order valence-corrected chi connectivity index (χ2v) is 8.90. The summed E-state index contributed by atoms with van der Waals surface area (Å²) >= 11 is 1.48. The summed E-state index contributed by atoms with van der Waals surface area (Å²) in [6.45, 7) is 3.20. The van der Waals surface area contributed by atoms with Gasteiger partial charge in [0, 0.05) is 22.1 Å². The molecular weight excluding hydrogens is 412 g/mol. The number of aryl methyl sites for hydroxylation is 1. The molecule has 0 atom stereocenters. The van der Waals surface area contributed by atoms with Crippen LogP contribution in [0.1, 0.15) is 32.6 Å². The Labute approximate surface area is 172 Å². The van der Waals surface area contributed by atoms with Gasteiger partial charge in [0.15, 0.2) is 5.78 Å². The van der Waals surface area contributed by atoms with E-state index in [0.29, 0.717) is 11.3 Å². The molecule has 1 heterocycles. The van der Waals surface area contributed by atoms with Crippen LogP contribution in [-0.4, -0.2) is 32.2 Å². The number of hydrogen-bond donors (Lipinski definition) is 1. The summed E-state index contributed by atoms with van der Waals surface area (Å²) in [5, 5.41) is 2.75. The molecule has 0 aliphatic heterocycles. The van der Waals surface area contributed by atoms with Crippen LogP contribution in [0.2, 0.25) is 0 Å². The van der Waals surface area contributed by atoms with Crippen molar-refractivity contribution in [2.45, 2.75) is 18.7 Å². The van der Waals surface area contributed by atoms with Crippen LogP contribution in [0.5, 0.6) is 5.75 Å². The van der Waals surface area contributed by atoms with Gasteiger partial charge in [-0.1, -0.05) is 12.1 Å². The molecule has 9 heteroatoms. The zero-order chi connectivity index (χ0) is 21.2. The molecule has 1 aromatic heterocycles. The second kappa shape index (κ2) is 8.14. The van der Waals surface area contributed by atoms with Gasteiger partial charge in [-0.15, -0.1) is 11.3 Å². The Morgan fingerprint density at radius 3 is 2.48 bits per heavy atom. The van der Waals surface area contributed by atoms with Crippen LogP contribution in [0, 0.1) is 6.92 Å². The van der Waals surface area contributed by atoms with Crippen molar-refractivity contribution in [1.82, 2.24) is 9.71 Å². The number of ketones is 1. The maximum absolute atomic E-state index is 12.8. The SMILES string of the molecule is COc1ccc(C(C)=O)cc1S(=O)(=O)NC(=O)c1cccc(-c2csc(C)n2)c1.